The van der Waals surface area contributed by atoms with Crippen LogP contribution in [0.25, 0.3) is 0 Å². The number of nitrogens with zero attached hydrogens (tertiary/aromatic N) is 4. The van der Waals surface area contributed by atoms with Crippen LogP contribution in [-0.2, 0) is 0 Å². The third-order valence-electron chi connectivity index (χ3n) is 4.30. The number of hydrogen-bond donors (Lipinski definition) is 0. The predicted molar refractivity (Wildman–Crippen MR) is 100 cm³/mol. The van der Waals surface area contributed by atoms with Crippen LogP contribution < -0.4 is 19.1 Å². The molecule has 1 aromatic heterocycles. The van der Waals surface area contributed by atoms with Gasteiger partial charge in [-0.25, -0.2) is 4.98 Å². The van der Waals surface area contributed by atoms with Gasteiger partial charge in [-0.05, 0) is 19.1 Å². The van der Waals surface area contributed by atoms with Crippen molar-refractivity contribution in [3.63, 3.8) is 0 Å². The molecule has 1 saturated heterocycles. The first-order chi connectivity index (χ1) is 12.8. The fourth-order valence-corrected chi connectivity index (χ4v) is 2.90. The molecule has 2 heterocycles. The SMILES string of the molecule is CCOc1ccccc1OCCN1CCN(c2nccc(OC)n2)CC1. The minimum absolute atomic E-state index is 0.596. The van der Waals surface area contributed by atoms with E-state index >= 15 is 0 Å². The summed E-state index contributed by atoms with van der Waals surface area (Å²) in [7, 11) is 1.62. The molecule has 26 heavy (non-hydrogen) atoms. The molecular weight excluding hydrogens is 332 g/mol. The largest absolute Gasteiger partial charge is 0.490 e. The van der Waals surface area contributed by atoms with Crippen LogP contribution in [-0.4, -0.2) is 67.9 Å². The zero-order valence-corrected chi connectivity index (χ0v) is 15.4. The van der Waals surface area contributed by atoms with Gasteiger partial charge in [-0.1, -0.05) is 12.1 Å². The number of anilines is 1. The number of hydrogen-bond acceptors (Lipinski definition) is 7. The van der Waals surface area contributed by atoms with Gasteiger partial charge < -0.3 is 19.1 Å². The molecule has 1 aliphatic rings. The van der Waals surface area contributed by atoms with E-state index in [4.69, 9.17) is 14.2 Å². The fraction of sp³-hybridized carbons (Fsp3) is 0.474. The van der Waals surface area contributed by atoms with Crippen molar-refractivity contribution in [2.24, 2.45) is 0 Å². The average molecular weight is 358 g/mol. The van der Waals surface area contributed by atoms with Gasteiger partial charge in [0.05, 0.1) is 13.7 Å². The first kappa shape index (κ1) is 18.3. The average Bonchev–Trinajstić information content (AvgIpc) is 2.70. The number of aromatic nitrogens is 2. The summed E-state index contributed by atoms with van der Waals surface area (Å²) in [6.07, 6.45) is 1.73. The Morgan fingerprint density at radius 2 is 1.73 bits per heavy atom. The van der Waals surface area contributed by atoms with Crippen molar-refractivity contribution in [3.05, 3.63) is 36.5 Å². The van der Waals surface area contributed by atoms with E-state index in [1.165, 1.54) is 0 Å². The molecule has 140 valence electrons. The molecule has 2 aromatic rings. The monoisotopic (exact) mass is 358 g/mol. The topological polar surface area (TPSA) is 60.0 Å². The highest BCUT2D eigenvalue weighted by molar-refractivity contribution is 5.39. The number of methoxy groups -OCH3 is 1. The van der Waals surface area contributed by atoms with E-state index in [0.29, 0.717) is 19.1 Å². The van der Waals surface area contributed by atoms with Crippen molar-refractivity contribution >= 4 is 5.95 Å². The first-order valence-electron chi connectivity index (χ1n) is 8.99. The molecule has 0 atom stereocenters. The van der Waals surface area contributed by atoms with Crippen LogP contribution >= 0.6 is 0 Å². The van der Waals surface area contributed by atoms with Gasteiger partial charge in [0.2, 0.25) is 11.8 Å². The maximum atomic E-state index is 5.91. The smallest absolute Gasteiger partial charge is 0.228 e. The van der Waals surface area contributed by atoms with Crippen molar-refractivity contribution < 1.29 is 14.2 Å². The number of benzene rings is 1. The molecule has 0 radical (unpaired) electrons. The number of ether oxygens (including phenoxy) is 3. The Morgan fingerprint density at radius 1 is 1.00 bits per heavy atom. The highest BCUT2D eigenvalue weighted by Crippen LogP contribution is 2.26. The molecule has 0 unspecified atom stereocenters. The van der Waals surface area contributed by atoms with Gasteiger partial charge in [-0.15, -0.1) is 0 Å². The summed E-state index contributed by atoms with van der Waals surface area (Å²) < 4.78 is 16.7. The molecule has 1 aliphatic heterocycles. The zero-order chi connectivity index (χ0) is 18.2. The van der Waals surface area contributed by atoms with Crippen molar-refractivity contribution in [2.75, 3.05) is 57.9 Å². The van der Waals surface area contributed by atoms with Gasteiger partial charge in [0.25, 0.3) is 0 Å². The molecule has 1 fully saturated rings. The van der Waals surface area contributed by atoms with Gasteiger partial charge in [0.15, 0.2) is 11.5 Å². The minimum Gasteiger partial charge on any atom is -0.490 e. The summed E-state index contributed by atoms with van der Waals surface area (Å²) in [5.41, 5.74) is 0. The van der Waals surface area contributed by atoms with Crippen LogP contribution in [0.5, 0.6) is 17.4 Å². The molecule has 0 N–H and O–H groups in total. The van der Waals surface area contributed by atoms with Crippen LogP contribution in [0.1, 0.15) is 6.92 Å². The molecule has 3 rings (SSSR count). The molecule has 0 amide bonds. The van der Waals surface area contributed by atoms with Crippen LogP contribution in [0.15, 0.2) is 36.5 Å². The van der Waals surface area contributed by atoms with E-state index in [1.807, 2.05) is 31.2 Å². The molecule has 7 nitrogen and oxygen atoms in total. The fourth-order valence-electron chi connectivity index (χ4n) is 2.90. The lowest BCUT2D eigenvalue weighted by molar-refractivity contribution is 0.194. The van der Waals surface area contributed by atoms with E-state index in [2.05, 4.69) is 19.8 Å². The Bertz CT molecular complexity index is 690. The van der Waals surface area contributed by atoms with E-state index < -0.39 is 0 Å². The molecule has 0 bridgehead atoms. The Hall–Kier alpha value is -2.54. The Labute approximate surface area is 154 Å². The standard InChI is InChI=1S/C19H26N4O3/c1-3-25-16-6-4-5-7-17(16)26-15-14-22-10-12-23(13-11-22)19-20-9-8-18(21-19)24-2/h4-9H,3,10-15H2,1-2H3. The molecule has 0 spiro atoms. The third kappa shape index (κ3) is 4.76. The predicted octanol–water partition coefficient (Wildman–Crippen LogP) is 2.08. The second-order valence-corrected chi connectivity index (χ2v) is 5.96. The molecule has 0 saturated carbocycles. The molecule has 0 aliphatic carbocycles. The van der Waals surface area contributed by atoms with Crippen LogP contribution in [0.2, 0.25) is 0 Å². The van der Waals surface area contributed by atoms with E-state index in [-0.39, 0.29) is 0 Å². The second-order valence-electron chi connectivity index (χ2n) is 5.96. The lowest BCUT2D eigenvalue weighted by Gasteiger charge is -2.34. The number of piperazine rings is 1. The van der Waals surface area contributed by atoms with Crippen LogP contribution in [0, 0.1) is 0 Å². The van der Waals surface area contributed by atoms with Crippen LogP contribution in [0.3, 0.4) is 0 Å². The normalized spacial score (nSPS) is 14.9. The van der Waals surface area contributed by atoms with Crippen molar-refractivity contribution in [3.8, 4) is 17.4 Å². The van der Waals surface area contributed by atoms with Crippen LogP contribution in [0.4, 0.5) is 5.95 Å². The van der Waals surface area contributed by atoms with Gasteiger partial charge in [-0.3, -0.25) is 4.90 Å². The minimum atomic E-state index is 0.596. The Kier molecular flexibility index (Phi) is 6.49. The lowest BCUT2D eigenvalue weighted by Crippen LogP contribution is -2.48. The van der Waals surface area contributed by atoms with Gasteiger partial charge in [0, 0.05) is 45.0 Å². The van der Waals surface area contributed by atoms with E-state index in [0.717, 1.165) is 50.2 Å². The molecular formula is C19H26N4O3. The van der Waals surface area contributed by atoms with Crippen molar-refractivity contribution in [2.45, 2.75) is 6.92 Å². The quantitative estimate of drug-likeness (QED) is 0.716. The highest BCUT2D eigenvalue weighted by Gasteiger charge is 2.19. The highest BCUT2D eigenvalue weighted by atomic mass is 16.5. The summed E-state index contributed by atoms with van der Waals surface area (Å²) >= 11 is 0. The van der Waals surface area contributed by atoms with E-state index in [9.17, 15) is 0 Å². The summed E-state index contributed by atoms with van der Waals surface area (Å²) in [5, 5.41) is 0. The molecule has 1 aromatic carbocycles. The molecule has 7 heteroatoms. The Morgan fingerprint density at radius 3 is 2.42 bits per heavy atom. The van der Waals surface area contributed by atoms with Gasteiger partial charge in [-0.2, -0.15) is 4.98 Å². The maximum Gasteiger partial charge on any atom is 0.228 e. The third-order valence-corrected chi connectivity index (χ3v) is 4.30. The van der Waals surface area contributed by atoms with Crippen molar-refractivity contribution in [1.82, 2.24) is 14.9 Å². The van der Waals surface area contributed by atoms with Gasteiger partial charge >= 0.3 is 0 Å². The summed E-state index contributed by atoms with van der Waals surface area (Å²) in [6, 6.07) is 9.56. The van der Waals surface area contributed by atoms with Crippen molar-refractivity contribution in [1.29, 1.82) is 0 Å². The first-order valence-corrected chi connectivity index (χ1v) is 8.99. The van der Waals surface area contributed by atoms with E-state index in [1.54, 1.807) is 19.4 Å². The zero-order valence-electron chi connectivity index (χ0n) is 15.4. The Balaban J connectivity index is 1.44. The second kappa shape index (κ2) is 9.24. The summed E-state index contributed by atoms with van der Waals surface area (Å²) in [4.78, 5) is 13.3. The van der Waals surface area contributed by atoms with Gasteiger partial charge in [0.1, 0.15) is 6.61 Å². The lowest BCUT2D eigenvalue weighted by atomic mass is 10.3. The maximum absolute atomic E-state index is 5.91. The number of rotatable bonds is 8. The summed E-state index contributed by atoms with van der Waals surface area (Å²) in [5.74, 6) is 2.93. The summed E-state index contributed by atoms with van der Waals surface area (Å²) in [6.45, 7) is 7.82. The number of para-hydroxylation sites is 2.